The second-order valence-electron chi connectivity index (χ2n) is 8.37. The summed E-state index contributed by atoms with van der Waals surface area (Å²) in [5.41, 5.74) is -1.51. The van der Waals surface area contributed by atoms with Crippen LogP contribution < -0.4 is 0 Å². The molecule has 0 aliphatic heterocycles. The van der Waals surface area contributed by atoms with Crippen LogP contribution in [0, 0.1) is 16.7 Å². The van der Waals surface area contributed by atoms with Gasteiger partial charge in [-0.2, -0.15) is 0 Å². The van der Waals surface area contributed by atoms with Crippen LogP contribution in [0.3, 0.4) is 0 Å². The first kappa shape index (κ1) is 27.2. The molecule has 0 spiro atoms. The van der Waals surface area contributed by atoms with Gasteiger partial charge in [-0.05, 0) is 48.0 Å². The third-order valence-electron chi connectivity index (χ3n) is 3.44. The van der Waals surface area contributed by atoms with E-state index in [4.69, 9.17) is 18.9 Å². The van der Waals surface area contributed by atoms with E-state index in [0.29, 0.717) is 0 Å². The first-order valence-corrected chi connectivity index (χ1v) is 10.4. The fourth-order valence-corrected chi connectivity index (χ4v) is 2.41. The SMILES string of the molecule is CC(C)(C)C(=O)OCOC(=O)CCC(CP(O)O)C(=O)OCOC(=O)C(C)(C)C. The summed E-state index contributed by atoms with van der Waals surface area (Å²) in [5, 5.41) is 0. The monoisotopic (exact) mass is 438 g/mol. The Labute approximate surface area is 171 Å². The summed E-state index contributed by atoms with van der Waals surface area (Å²) in [5.74, 6) is -3.68. The molecular formula is C18H31O10P. The van der Waals surface area contributed by atoms with Gasteiger partial charge >= 0.3 is 23.9 Å². The molecule has 10 nitrogen and oxygen atoms in total. The Bertz CT molecular complexity index is 574. The second-order valence-corrected chi connectivity index (χ2v) is 9.48. The number of hydrogen-bond acceptors (Lipinski definition) is 10. The number of esters is 4. The summed E-state index contributed by atoms with van der Waals surface area (Å²) >= 11 is 0. The lowest BCUT2D eigenvalue weighted by atomic mass is 9.97. The highest BCUT2D eigenvalue weighted by molar-refractivity contribution is 7.45. The average molecular weight is 438 g/mol. The van der Waals surface area contributed by atoms with E-state index >= 15 is 0 Å². The largest absolute Gasteiger partial charge is 0.428 e. The quantitative estimate of drug-likeness (QED) is 0.294. The molecule has 0 amide bonds. The van der Waals surface area contributed by atoms with Crippen LogP contribution in [-0.2, 0) is 38.1 Å². The van der Waals surface area contributed by atoms with Crippen LogP contribution in [-0.4, -0.2) is 53.4 Å². The molecule has 0 heterocycles. The smallest absolute Gasteiger partial charge is 0.314 e. The fourth-order valence-electron chi connectivity index (χ4n) is 1.69. The molecule has 0 saturated heterocycles. The zero-order chi connectivity index (χ0) is 22.8. The fraction of sp³-hybridized carbons (Fsp3) is 0.778. The maximum absolute atomic E-state index is 12.1. The van der Waals surface area contributed by atoms with Crippen molar-refractivity contribution >= 4 is 32.3 Å². The highest BCUT2D eigenvalue weighted by atomic mass is 31.2. The molecule has 0 aliphatic rings. The number of rotatable bonds is 10. The molecule has 0 aromatic heterocycles. The van der Waals surface area contributed by atoms with Crippen LogP contribution in [0.1, 0.15) is 54.4 Å². The van der Waals surface area contributed by atoms with Gasteiger partial charge in [-0.25, -0.2) is 0 Å². The van der Waals surface area contributed by atoms with Gasteiger partial charge in [0.15, 0.2) is 8.38 Å². The maximum Gasteiger partial charge on any atom is 0.314 e. The number of carbonyl (C=O) groups excluding carboxylic acids is 4. The first-order chi connectivity index (χ1) is 13.1. The van der Waals surface area contributed by atoms with Crippen molar-refractivity contribution in [3.05, 3.63) is 0 Å². The third kappa shape index (κ3) is 12.4. The highest BCUT2D eigenvalue weighted by Gasteiger charge is 2.27. The summed E-state index contributed by atoms with van der Waals surface area (Å²) < 4.78 is 19.2. The summed E-state index contributed by atoms with van der Waals surface area (Å²) in [7, 11) is -2.41. The predicted octanol–water partition coefficient (Wildman–Crippen LogP) is 1.86. The Morgan fingerprint density at radius 2 is 1.24 bits per heavy atom. The average Bonchev–Trinajstić information content (AvgIpc) is 2.56. The lowest BCUT2D eigenvalue weighted by molar-refractivity contribution is -0.175. The van der Waals surface area contributed by atoms with Gasteiger partial charge in [0.05, 0.1) is 16.7 Å². The first-order valence-electron chi connectivity index (χ1n) is 8.96. The van der Waals surface area contributed by atoms with Crippen LogP contribution in [0.2, 0.25) is 0 Å². The summed E-state index contributed by atoms with van der Waals surface area (Å²) in [6.07, 6.45) is -0.635. The van der Waals surface area contributed by atoms with Crippen molar-refractivity contribution in [3.8, 4) is 0 Å². The number of hydrogen-bond donors (Lipinski definition) is 2. The highest BCUT2D eigenvalue weighted by Crippen LogP contribution is 2.29. The Morgan fingerprint density at radius 3 is 1.66 bits per heavy atom. The van der Waals surface area contributed by atoms with Crippen LogP contribution in [0.25, 0.3) is 0 Å². The van der Waals surface area contributed by atoms with Crippen molar-refractivity contribution in [2.45, 2.75) is 54.4 Å². The minimum atomic E-state index is -2.41. The number of ether oxygens (including phenoxy) is 4. The van der Waals surface area contributed by atoms with E-state index in [-0.39, 0.29) is 19.0 Å². The molecule has 0 saturated carbocycles. The Balaban J connectivity index is 4.46. The molecule has 0 bridgehead atoms. The minimum Gasteiger partial charge on any atom is -0.428 e. The molecule has 168 valence electrons. The van der Waals surface area contributed by atoms with E-state index in [1.807, 2.05) is 0 Å². The van der Waals surface area contributed by atoms with Gasteiger partial charge in [-0.1, -0.05) is 0 Å². The van der Waals surface area contributed by atoms with Crippen LogP contribution in [0.5, 0.6) is 0 Å². The van der Waals surface area contributed by atoms with Gasteiger partial charge in [-0.15, -0.1) is 0 Å². The molecular weight excluding hydrogens is 407 g/mol. The van der Waals surface area contributed by atoms with Gasteiger partial charge in [0, 0.05) is 12.6 Å². The zero-order valence-electron chi connectivity index (χ0n) is 17.7. The zero-order valence-corrected chi connectivity index (χ0v) is 18.6. The van der Waals surface area contributed by atoms with Crippen molar-refractivity contribution in [1.29, 1.82) is 0 Å². The molecule has 11 heteroatoms. The molecule has 0 fully saturated rings. The normalized spacial score (nSPS) is 12.9. The standard InChI is InChI=1S/C18H31O10P/c1-17(2,3)15(21)27-10-25-13(19)8-7-12(9-29(23)24)14(20)26-11-28-16(22)18(4,5)6/h12,23-24H,7-11H2,1-6H3. The van der Waals surface area contributed by atoms with Gasteiger partial charge in [-0.3, -0.25) is 19.2 Å². The predicted molar refractivity (Wildman–Crippen MR) is 102 cm³/mol. The van der Waals surface area contributed by atoms with Gasteiger partial charge in [0.25, 0.3) is 0 Å². The van der Waals surface area contributed by atoms with E-state index < -0.39 is 62.6 Å². The van der Waals surface area contributed by atoms with Crippen molar-refractivity contribution < 1.29 is 47.9 Å². The Hall–Kier alpha value is -1.77. The Morgan fingerprint density at radius 1 is 0.793 bits per heavy atom. The molecule has 0 rings (SSSR count). The van der Waals surface area contributed by atoms with Crippen LogP contribution in [0.15, 0.2) is 0 Å². The molecule has 0 radical (unpaired) electrons. The summed E-state index contributed by atoms with van der Waals surface area (Å²) in [4.78, 5) is 65.4. The Kier molecular flexibility index (Phi) is 11.3. The molecule has 1 atom stereocenters. The molecule has 2 N–H and O–H groups in total. The van der Waals surface area contributed by atoms with Gasteiger partial charge < -0.3 is 28.7 Å². The third-order valence-corrected chi connectivity index (χ3v) is 4.21. The summed E-state index contributed by atoms with van der Waals surface area (Å²) in [6.45, 7) is 8.67. The molecule has 29 heavy (non-hydrogen) atoms. The molecule has 1 unspecified atom stereocenters. The molecule has 0 aromatic carbocycles. The van der Waals surface area contributed by atoms with Crippen LogP contribution >= 0.6 is 8.38 Å². The van der Waals surface area contributed by atoms with E-state index in [0.717, 1.165) is 0 Å². The van der Waals surface area contributed by atoms with Crippen molar-refractivity contribution in [2.75, 3.05) is 19.7 Å². The van der Waals surface area contributed by atoms with Crippen LogP contribution in [0.4, 0.5) is 0 Å². The molecule has 0 aliphatic carbocycles. The van der Waals surface area contributed by atoms with E-state index in [9.17, 15) is 29.0 Å². The molecule has 0 aromatic rings. The van der Waals surface area contributed by atoms with Gasteiger partial charge in [0.1, 0.15) is 0 Å². The van der Waals surface area contributed by atoms with Gasteiger partial charge in [0.2, 0.25) is 13.6 Å². The van der Waals surface area contributed by atoms with E-state index in [1.165, 1.54) is 0 Å². The van der Waals surface area contributed by atoms with E-state index in [1.54, 1.807) is 41.5 Å². The lowest BCUT2D eigenvalue weighted by Crippen LogP contribution is -2.27. The second kappa shape index (κ2) is 12.0. The number of carbonyl (C=O) groups is 4. The van der Waals surface area contributed by atoms with E-state index in [2.05, 4.69) is 0 Å². The lowest BCUT2D eigenvalue weighted by Gasteiger charge is -2.19. The maximum atomic E-state index is 12.1. The van der Waals surface area contributed by atoms with Crippen molar-refractivity contribution in [3.63, 3.8) is 0 Å². The summed E-state index contributed by atoms with van der Waals surface area (Å²) in [6, 6.07) is 0. The topological polar surface area (TPSA) is 146 Å². The van der Waals surface area contributed by atoms with Crippen molar-refractivity contribution in [2.24, 2.45) is 16.7 Å². The van der Waals surface area contributed by atoms with Crippen molar-refractivity contribution in [1.82, 2.24) is 0 Å². The minimum absolute atomic E-state index is 0.0853.